The molecule has 7 heteroatoms. The van der Waals surface area contributed by atoms with E-state index in [0.29, 0.717) is 17.0 Å². The van der Waals surface area contributed by atoms with Crippen molar-refractivity contribution in [2.45, 2.75) is 24.4 Å². The fourth-order valence-corrected chi connectivity index (χ4v) is 6.13. The third-order valence-electron chi connectivity index (χ3n) is 7.50. The molecule has 1 saturated heterocycles. The van der Waals surface area contributed by atoms with Crippen LogP contribution in [0.4, 0.5) is 11.4 Å². The molecule has 7 nitrogen and oxygen atoms in total. The van der Waals surface area contributed by atoms with Crippen molar-refractivity contribution in [1.82, 2.24) is 4.98 Å². The Balaban J connectivity index is 1.65. The monoisotopic (exact) mass is 465 g/mol. The van der Waals surface area contributed by atoms with Crippen LogP contribution in [0.25, 0.3) is 6.08 Å². The summed E-state index contributed by atoms with van der Waals surface area (Å²) in [7, 11) is 1.60. The maximum absolute atomic E-state index is 14.2. The quantitative estimate of drug-likeness (QED) is 0.592. The van der Waals surface area contributed by atoms with E-state index in [-0.39, 0.29) is 17.5 Å². The number of hydrogen-bond acceptors (Lipinski definition) is 6. The predicted molar refractivity (Wildman–Crippen MR) is 132 cm³/mol. The number of nitrogens with one attached hydrogen (secondary N) is 1. The molecule has 6 rings (SSSR count). The topological polar surface area (TPSA) is 88.6 Å². The number of methoxy groups -OCH3 is 1. The van der Waals surface area contributed by atoms with Gasteiger partial charge < -0.3 is 15.0 Å². The minimum Gasteiger partial charge on any atom is -0.497 e. The number of benzene rings is 2. The van der Waals surface area contributed by atoms with Gasteiger partial charge in [-0.3, -0.25) is 19.4 Å². The van der Waals surface area contributed by atoms with Gasteiger partial charge in [-0.15, -0.1) is 0 Å². The van der Waals surface area contributed by atoms with Crippen LogP contribution < -0.4 is 15.0 Å². The molecule has 1 fully saturated rings. The summed E-state index contributed by atoms with van der Waals surface area (Å²) >= 11 is 0. The highest BCUT2D eigenvalue weighted by molar-refractivity contribution is 6.16. The average molecular weight is 466 g/mol. The van der Waals surface area contributed by atoms with Crippen molar-refractivity contribution in [3.63, 3.8) is 0 Å². The number of carbonyl (C=O) groups is 3. The van der Waals surface area contributed by atoms with Crippen molar-refractivity contribution in [3.8, 4) is 5.75 Å². The zero-order valence-electron chi connectivity index (χ0n) is 19.3. The lowest BCUT2D eigenvalue weighted by molar-refractivity contribution is -0.122. The molecule has 4 heterocycles. The van der Waals surface area contributed by atoms with Crippen LogP contribution in [0.5, 0.6) is 5.75 Å². The molecule has 3 aliphatic rings. The van der Waals surface area contributed by atoms with Gasteiger partial charge in [0.1, 0.15) is 11.2 Å². The van der Waals surface area contributed by atoms with Gasteiger partial charge >= 0.3 is 0 Å². The Labute approximate surface area is 202 Å². The van der Waals surface area contributed by atoms with Gasteiger partial charge in [-0.1, -0.05) is 30.4 Å². The second-order valence-electron chi connectivity index (χ2n) is 9.14. The van der Waals surface area contributed by atoms with Crippen LogP contribution in [-0.4, -0.2) is 41.7 Å². The number of carbonyl (C=O) groups excluding carboxylic acids is 3. The lowest BCUT2D eigenvalue weighted by Gasteiger charge is -2.37. The van der Waals surface area contributed by atoms with E-state index in [4.69, 9.17) is 4.74 Å². The fraction of sp³-hybridized carbons (Fsp3) is 0.214. The largest absolute Gasteiger partial charge is 0.497 e. The van der Waals surface area contributed by atoms with Gasteiger partial charge in [-0.05, 0) is 48.9 Å². The van der Waals surface area contributed by atoms with Gasteiger partial charge in [0.05, 0.1) is 25.1 Å². The van der Waals surface area contributed by atoms with Gasteiger partial charge in [-0.25, -0.2) is 0 Å². The molecule has 0 bridgehead atoms. The fourth-order valence-electron chi connectivity index (χ4n) is 6.13. The third kappa shape index (κ3) is 2.78. The van der Waals surface area contributed by atoms with Gasteiger partial charge in [-0.2, -0.15) is 0 Å². The van der Waals surface area contributed by atoms with Crippen molar-refractivity contribution in [2.24, 2.45) is 5.92 Å². The average Bonchev–Trinajstić information content (AvgIpc) is 3.36. The molecular weight excluding hydrogens is 442 g/mol. The van der Waals surface area contributed by atoms with Crippen LogP contribution in [0.1, 0.15) is 28.4 Å². The second kappa shape index (κ2) is 7.63. The maximum atomic E-state index is 14.2. The van der Waals surface area contributed by atoms with Crippen LogP contribution >= 0.6 is 0 Å². The number of amides is 1. The number of hydrogen-bond donors (Lipinski definition) is 1. The predicted octanol–water partition coefficient (Wildman–Crippen LogP) is 3.65. The number of Topliss-reactive ketones (excluding diaryl/α,β-unsaturated/α-hetero) is 2. The van der Waals surface area contributed by atoms with Crippen molar-refractivity contribution in [3.05, 3.63) is 89.8 Å². The summed E-state index contributed by atoms with van der Waals surface area (Å²) in [5.74, 6) is -0.945. The molecule has 3 aliphatic heterocycles. The number of ketones is 2. The second-order valence-corrected chi connectivity index (χ2v) is 9.14. The number of pyridine rings is 1. The lowest BCUT2D eigenvalue weighted by Crippen LogP contribution is -2.51. The molecule has 0 aliphatic carbocycles. The van der Waals surface area contributed by atoms with E-state index in [0.717, 1.165) is 16.8 Å². The normalized spacial score (nSPS) is 25.6. The summed E-state index contributed by atoms with van der Waals surface area (Å²) in [6.45, 7) is 1.49. The van der Waals surface area contributed by atoms with Crippen molar-refractivity contribution in [1.29, 1.82) is 0 Å². The number of aromatic nitrogens is 1. The van der Waals surface area contributed by atoms with E-state index < -0.39 is 23.4 Å². The molecule has 1 spiro atoms. The number of fused-ring (bicyclic) bond motifs is 6. The summed E-state index contributed by atoms with van der Waals surface area (Å²) in [6, 6.07) is 15.0. The van der Waals surface area contributed by atoms with E-state index in [1.165, 1.54) is 6.92 Å². The van der Waals surface area contributed by atoms with Crippen molar-refractivity contribution >= 4 is 34.9 Å². The molecule has 0 saturated carbocycles. The highest BCUT2D eigenvalue weighted by atomic mass is 16.5. The first kappa shape index (κ1) is 21.3. The Morgan fingerprint density at radius 1 is 1.09 bits per heavy atom. The van der Waals surface area contributed by atoms with Gasteiger partial charge in [0.15, 0.2) is 11.6 Å². The Hall–Kier alpha value is -4.26. The molecule has 174 valence electrons. The van der Waals surface area contributed by atoms with Crippen LogP contribution in [0, 0.1) is 5.92 Å². The number of nitrogens with zero attached hydrogens (tertiary/aromatic N) is 2. The first-order chi connectivity index (χ1) is 17.0. The molecule has 0 radical (unpaired) electrons. The molecule has 2 aromatic carbocycles. The van der Waals surface area contributed by atoms with E-state index >= 15 is 0 Å². The number of rotatable bonds is 4. The van der Waals surface area contributed by atoms with Crippen LogP contribution in [-0.2, 0) is 15.0 Å². The molecule has 4 atom stereocenters. The smallest absolute Gasteiger partial charge is 0.238 e. The molecule has 1 aromatic heterocycles. The highest BCUT2D eigenvalue weighted by Crippen LogP contribution is 2.57. The molecule has 35 heavy (non-hydrogen) atoms. The van der Waals surface area contributed by atoms with E-state index in [9.17, 15) is 14.4 Å². The van der Waals surface area contributed by atoms with E-state index in [2.05, 4.69) is 10.3 Å². The first-order valence-electron chi connectivity index (χ1n) is 11.5. The Morgan fingerprint density at radius 3 is 2.60 bits per heavy atom. The number of ether oxygens (including phenoxy) is 1. The molecule has 3 aromatic rings. The van der Waals surface area contributed by atoms with Crippen LogP contribution in [0.15, 0.2) is 73.1 Å². The maximum Gasteiger partial charge on any atom is 0.238 e. The number of anilines is 2. The van der Waals surface area contributed by atoms with Gasteiger partial charge in [0.2, 0.25) is 5.91 Å². The number of para-hydroxylation sites is 1. The highest BCUT2D eigenvalue weighted by Gasteiger charge is 2.69. The Bertz CT molecular complexity index is 1420. The van der Waals surface area contributed by atoms with E-state index in [1.54, 1.807) is 31.6 Å². The summed E-state index contributed by atoms with van der Waals surface area (Å²) in [6.07, 6.45) is 6.99. The Kier molecular flexibility index (Phi) is 4.64. The minimum absolute atomic E-state index is 0.173. The summed E-state index contributed by atoms with van der Waals surface area (Å²) in [5, 5.41) is 3.01. The van der Waals surface area contributed by atoms with E-state index in [1.807, 2.05) is 59.5 Å². The molecule has 4 unspecified atom stereocenters. The van der Waals surface area contributed by atoms with Gasteiger partial charge in [0, 0.05) is 34.9 Å². The zero-order chi connectivity index (χ0) is 24.3. The Morgan fingerprint density at radius 2 is 1.86 bits per heavy atom. The van der Waals surface area contributed by atoms with Crippen molar-refractivity contribution < 1.29 is 19.1 Å². The van der Waals surface area contributed by atoms with Gasteiger partial charge in [0.25, 0.3) is 0 Å². The minimum atomic E-state index is -1.28. The zero-order valence-corrected chi connectivity index (χ0v) is 19.3. The summed E-state index contributed by atoms with van der Waals surface area (Å²) < 4.78 is 5.40. The summed E-state index contributed by atoms with van der Waals surface area (Å²) in [4.78, 5) is 47.5. The van der Waals surface area contributed by atoms with Crippen molar-refractivity contribution in [2.75, 3.05) is 17.3 Å². The molecular formula is C28H23N3O4. The third-order valence-corrected chi connectivity index (χ3v) is 7.50. The SMILES string of the molecule is COc1ccc2c(c1)C=CC1N2C(C(C)=O)C(C(=O)c2ccncc2)C12C(=O)Nc1ccccc12. The first-order valence-corrected chi connectivity index (χ1v) is 11.5. The molecule has 1 amide bonds. The lowest BCUT2D eigenvalue weighted by atomic mass is 9.64. The molecule has 1 N–H and O–H groups in total. The summed E-state index contributed by atoms with van der Waals surface area (Å²) in [5.41, 5.74) is 2.21. The standard InChI is InChI=1S/C28H23N3O4/c1-16(32)25-24(26(33)17-11-13-29-14-12-17)28(20-5-3-4-6-21(20)30-27(28)34)23-10-7-18-15-19(35-2)8-9-22(18)31(23)25/h3-15,23-25H,1-2H3,(H,30,34). The van der Waals surface area contributed by atoms with Crippen LogP contribution in [0.2, 0.25) is 0 Å². The van der Waals surface area contributed by atoms with Crippen LogP contribution in [0.3, 0.4) is 0 Å².